The standard InChI is InChI=1S/C23H11F3N4/c1-27-30-21-17-5-3-2-4-16(17)20-22(21)28-18-11-8-14(12-19(18)29-20)13-6-9-15(10-7-13)23(24,25)26/h2-12H. The zero-order chi connectivity index (χ0) is 20.9. The SMILES string of the molecule is [C-]#[N+]N=C1c2ccccc2-c2nc3cc(-c4ccc(C(F)(F)F)cc4)ccc3nc21. The average Bonchev–Trinajstić information content (AvgIpc) is 3.05. The van der Waals surface area contributed by atoms with Crippen LogP contribution in [0.25, 0.3) is 38.4 Å². The summed E-state index contributed by atoms with van der Waals surface area (Å²) < 4.78 is 38.5. The summed E-state index contributed by atoms with van der Waals surface area (Å²) in [6.45, 7) is 7.11. The fourth-order valence-corrected chi connectivity index (χ4v) is 3.61. The van der Waals surface area contributed by atoms with Crippen LogP contribution in [-0.2, 0) is 6.18 Å². The predicted molar refractivity (Wildman–Crippen MR) is 108 cm³/mol. The van der Waals surface area contributed by atoms with Crippen molar-refractivity contribution in [2.45, 2.75) is 6.18 Å². The number of hydrogen-bond acceptors (Lipinski definition) is 3. The quantitative estimate of drug-likeness (QED) is 0.257. The number of hydrogen-bond donors (Lipinski definition) is 0. The molecular weight excluding hydrogens is 389 g/mol. The molecule has 7 heteroatoms. The van der Waals surface area contributed by atoms with E-state index in [-0.39, 0.29) is 0 Å². The fraction of sp³-hybridized carbons (Fsp3) is 0.0435. The highest BCUT2D eigenvalue weighted by Gasteiger charge is 2.31. The highest BCUT2D eigenvalue weighted by molar-refractivity contribution is 6.23. The van der Waals surface area contributed by atoms with Crippen molar-refractivity contribution in [2.75, 3.05) is 0 Å². The molecule has 0 spiro atoms. The summed E-state index contributed by atoms with van der Waals surface area (Å²) in [5, 5.41) is 3.92. The van der Waals surface area contributed by atoms with Crippen LogP contribution in [0.5, 0.6) is 0 Å². The molecule has 0 saturated carbocycles. The van der Waals surface area contributed by atoms with Gasteiger partial charge in [0.1, 0.15) is 5.69 Å². The average molecular weight is 400 g/mol. The molecule has 0 amide bonds. The van der Waals surface area contributed by atoms with Crippen LogP contribution in [0.2, 0.25) is 0 Å². The van der Waals surface area contributed by atoms with E-state index in [1.54, 1.807) is 18.2 Å². The lowest BCUT2D eigenvalue weighted by Crippen LogP contribution is -2.04. The molecule has 1 aliphatic carbocycles. The third-order valence-corrected chi connectivity index (χ3v) is 5.02. The van der Waals surface area contributed by atoms with Gasteiger partial charge >= 0.3 is 6.18 Å². The molecule has 5 rings (SSSR count). The van der Waals surface area contributed by atoms with Gasteiger partial charge in [0.05, 0.1) is 27.4 Å². The molecule has 1 aromatic heterocycles. The highest BCUT2D eigenvalue weighted by atomic mass is 19.4. The van der Waals surface area contributed by atoms with Crippen LogP contribution in [0.3, 0.4) is 0 Å². The van der Waals surface area contributed by atoms with Gasteiger partial charge in [-0.2, -0.15) is 19.7 Å². The molecular formula is C23H11F3N4. The molecule has 0 N–H and O–H groups in total. The number of nitrogens with zero attached hydrogens (tertiary/aromatic N) is 4. The Morgan fingerprint density at radius 1 is 0.767 bits per heavy atom. The van der Waals surface area contributed by atoms with E-state index in [9.17, 15) is 13.2 Å². The Labute approximate surface area is 169 Å². The van der Waals surface area contributed by atoms with Crippen LogP contribution < -0.4 is 0 Å². The number of rotatable bonds is 1. The Balaban J connectivity index is 1.64. The smallest absolute Gasteiger partial charge is 0.244 e. The van der Waals surface area contributed by atoms with Gasteiger partial charge in [0.25, 0.3) is 0 Å². The first-order valence-corrected chi connectivity index (χ1v) is 9.00. The molecule has 0 saturated heterocycles. The minimum absolute atomic E-state index is 0.497. The maximum Gasteiger partial charge on any atom is 0.416 e. The minimum atomic E-state index is -4.37. The second-order valence-electron chi connectivity index (χ2n) is 6.79. The van der Waals surface area contributed by atoms with Gasteiger partial charge in [-0.15, -0.1) is 4.95 Å². The van der Waals surface area contributed by atoms with Crippen molar-refractivity contribution in [3.8, 4) is 22.4 Å². The number of benzene rings is 3. The zero-order valence-corrected chi connectivity index (χ0v) is 15.3. The van der Waals surface area contributed by atoms with E-state index in [2.05, 4.69) is 15.0 Å². The van der Waals surface area contributed by atoms with Crippen LogP contribution in [0.15, 0.2) is 71.8 Å². The van der Waals surface area contributed by atoms with Crippen LogP contribution in [0.4, 0.5) is 13.2 Å². The van der Waals surface area contributed by atoms with Crippen molar-refractivity contribution in [3.63, 3.8) is 0 Å². The Morgan fingerprint density at radius 3 is 2.13 bits per heavy atom. The molecule has 0 fully saturated rings. The summed E-state index contributed by atoms with van der Waals surface area (Å²) in [7, 11) is 0. The van der Waals surface area contributed by atoms with Crippen molar-refractivity contribution in [3.05, 3.63) is 95.1 Å². The molecule has 1 aliphatic rings. The van der Waals surface area contributed by atoms with Crippen LogP contribution >= 0.6 is 0 Å². The topological polar surface area (TPSA) is 42.5 Å². The van der Waals surface area contributed by atoms with E-state index in [0.29, 0.717) is 33.7 Å². The van der Waals surface area contributed by atoms with E-state index >= 15 is 0 Å². The Morgan fingerprint density at radius 2 is 1.43 bits per heavy atom. The third kappa shape index (κ3) is 2.81. The molecule has 0 bridgehead atoms. The lowest BCUT2D eigenvalue weighted by Gasteiger charge is -2.09. The summed E-state index contributed by atoms with van der Waals surface area (Å²) in [6, 6.07) is 17.9. The summed E-state index contributed by atoms with van der Waals surface area (Å²) in [4.78, 5) is 12.6. The maximum atomic E-state index is 12.8. The van der Waals surface area contributed by atoms with Gasteiger partial charge in [-0.1, -0.05) is 42.5 Å². The van der Waals surface area contributed by atoms with Gasteiger partial charge in [0.2, 0.25) is 0 Å². The van der Waals surface area contributed by atoms with E-state index in [0.717, 1.165) is 28.8 Å². The van der Waals surface area contributed by atoms with Crippen molar-refractivity contribution >= 4 is 16.7 Å². The van der Waals surface area contributed by atoms with Crippen LogP contribution in [-0.4, -0.2) is 15.7 Å². The first kappa shape index (κ1) is 18.0. The van der Waals surface area contributed by atoms with Crippen molar-refractivity contribution < 1.29 is 13.2 Å². The largest absolute Gasteiger partial charge is 0.416 e. The Hall–Kier alpha value is -4.05. The molecule has 4 aromatic rings. The van der Waals surface area contributed by atoms with Gasteiger partial charge in [-0.3, -0.25) is 0 Å². The van der Waals surface area contributed by atoms with Crippen molar-refractivity contribution in [1.29, 1.82) is 0 Å². The van der Waals surface area contributed by atoms with Gasteiger partial charge < -0.3 is 0 Å². The Bertz CT molecular complexity index is 1380. The number of aromatic nitrogens is 2. The van der Waals surface area contributed by atoms with Gasteiger partial charge in [-0.25, -0.2) is 9.97 Å². The fourth-order valence-electron chi connectivity index (χ4n) is 3.61. The van der Waals surface area contributed by atoms with Crippen LogP contribution in [0.1, 0.15) is 16.8 Å². The van der Waals surface area contributed by atoms with Crippen molar-refractivity contribution in [2.24, 2.45) is 5.10 Å². The molecule has 30 heavy (non-hydrogen) atoms. The zero-order valence-electron chi connectivity index (χ0n) is 15.3. The molecule has 4 nitrogen and oxygen atoms in total. The molecule has 0 atom stereocenters. The summed E-state index contributed by atoms with van der Waals surface area (Å²) >= 11 is 0. The molecule has 0 aliphatic heterocycles. The second-order valence-corrected chi connectivity index (χ2v) is 6.79. The normalized spacial score (nSPS) is 13.9. The number of fused-ring (bicyclic) bond motifs is 4. The van der Waals surface area contributed by atoms with Gasteiger partial charge in [0, 0.05) is 11.1 Å². The summed E-state index contributed by atoms with van der Waals surface area (Å²) in [6.07, 6.45) is -4.37. The summed E-state index contributed by atoms with van der Waals surface area (Å²) in [5.41, 5.74) is 5.30. The predicted octanol–water partition coefficient (Wildman–Crippen LogP) is 5.97. The Kier molecular flexibility index (Phi) is 3.90. The summed E-state index contributed by atoms with van der Waals surface area (Å²) in [5.74, 6) is 0. The van der Waals surface area contributed by atoms with Crippen molar-refractivity contribution in [1.82, 2.24) is 9.97 Å². The lowest BCUT2D eigenvalue weighted by atomic mass is 10.0. The maximum absolute atomic E-state index is 12.8. The minimum Gasteiger partial charge on any atom is -0.244 e. The van der Waals surface area contributed by atoms with Gasteiger partial charge in [0.15, 0.2) is 5.71 Å². The monoisotopic (exact) mass is 400 g/mol. The molecule has 144 valence electrons. The highest BCUT2D eigenvalue weighted by Crippen LogP contribution is 2.36. The lowest BCUT2D eigenvalue weighted by molar-refractivity contribution is -0.137. The first-order valence-electron chi connectivity index (χ1n) is 9.00. The van der Waals surface area contributed by atoms with E-state index in [4.69, 9.17) is 11.6 Å². The third-order valence-electron chi connectivity index (χ3n) is 5.02. The van der Waals surface area contributed by atoms with E-state index in [1.807, 2.05) is 24.3 Å². The molecule has 1 heterocycles. The molecule has 3 aromatic carbocycles. The first-order chi connectivity index (χ1) is 14.5. The van der Waals surface area contributed by atoms with Gasteiger partial charge in [-0.05, 0) is 35.4 Å². The second kappa shape index (κ2) is 6.49. The molecule has 0 radical (unpaired) electrons. The number of alkyl halides is 3. The van der Waals surface area contributed by atoms with E-state index in [1.165, 1.54) is 12.1 Å². The number of halogens is 3. The van der Waals surface area contributed by atoms with E-state index < -0.39 is 11.7 Å². The van der Waals surface area contributed by atoms with Crippen LogP contribution in [0, 0.1) is 6.57 Å². The molecule has 0 unspecified atom stereocenters.